The molecule has 0 spiro atoms. The molecule has 0 bridgehead atoms. The lowest BCUT2D eigenvalue weighted by molar-refractivity contribution is -0.0586. The zero-order chi connectivity index (χ0) is 18.1. The number of amides is 1. The first-order valence-corrected chi connectivity index (χ1v) is 9.59. The Balaban J connectivity index is 2.29. The zero-order valence-corrected chi connectivity index (χ0v) is 15.7. The van der Waals surface area contributed by atoms with Crippen LogP contribution in [-0.2, 0) is 14.8 Å². The molecular formula is C17H26N2O4S. The summed E-state index contributed by atoms with van der Waals surface area (Å²) >= 11 is 0. The third kappa shape index (κ3) is 3.96. The molecular weight excluding hydrogens is 328 g/mol. The van der Waals surface area contributed by atoms with Crippen LogP contribution < -0.4 is 0 Å². The standard InChI is InChI=1S/C17H26N2O4S/c1-12(2)18(5)24(21,22)16-8-6-7-15(9-16)17(20)19-10-13(3)23-14(4)11-19/h6-9,12-14H,10-11H2,1-5H3/t13-,14+. The van der Waals surface area contributed by atoms with Gasteiger partial charge in [0.25, 0.3) is 5.91 Å². The molecule has 0 N–H and O–H groups in total. The Morgan fingerprint density at radius 3 is 2.38 bits per heavy atom. The summed E-state index contributed by atoms with van der Waals surface area (Å²) in [5, 5.41) is 0. The van der Waals surface area contributed by atoms with E-state index in [0.717, 1.165) is 0 Å². The van der Waals surface area contributed by atoms with Crippen molar-refractivity contribution in [2.45, 2.75) is 50.8 Å². The van der Waals surface area contributed by atoms with Crippen LogP contribution in [0.3, 0.4) is 0 Å². The van der Waals surface area contributed by atoms with Gasteiger partial charge in [-0.15, -0.1) is 0 Å². The second-order valence-corrected chi connectivity index (χ2v) is 8.61. The van der Waals surface area contributed by atoms with Gasteiger partial charge in [-0.25, -0.2) is 8.42 Å². The lowest BCUT2D eigenvalue weighted by Gasteiger charge is -2.35. The van der Waals surface area contributed by atoms with Crippen molar-refractivity contribution in [3.05, 3.63) is 29.8 Å². The van der Waals surface area contributed by atoms with Crippen LogP contribution in [0.4, 0.5) is 0 Å². The Hall–Kier alpha value is -1.44. The quantitative estimate of drug-likeness (QED) is 0.829. The van der Waals surface area contributed by atoms with Gasteiger partial charge in [0, 0.05) is 31.7 Å². The number of morpholine rings is 1. The Labute approximate surface area is 144 Å². The monoisotopic (exact) mass is 354 g/mol. The molecule has 1 aromatic rings. The summed E-state index contributed by atoms with van der Waals surface area (Å²) in [5.41, 5.74) is 0.384. The Bertz CT molecular complexity index is 692. The summed E-state index contributed by atoms with van der Waals surface area (Å²) < 4.78 is 32.2. The van der Waals surface area contributed by atoms with E-state index in [4.69, 9.17) is 4.74 Å². The smallest absolute Gasteiger partial charge is 0.254 e. The van der Waals surface area contributed by atoms with Crippen molar-refractivity contribution < 1.29 is 17.9 Å². The first-order valence-electron chi connectivity index (χ1n) is 8.15. The first-order chi connectivity index (χ1) is 11.1. The van der Waals surface area contributed by atoms with Crippen LogP contribution in [0.1, 0.15) is 38.1 Å². The van der Waals surface area contributed by atoms with Gasteiger partial charge < -0.3 is 9.64 Å². The molecule has 1 amide bonds. The lowest BCUT2D eigenvalue weighted by atomic mass is 10.1. The van der Waals surface area contributed by atoms with Gasteiger partial charge in [-0.05, 0) is 45.9 Å². The molecule has 1 saturated heterocycles. The van der Waals surface area contributed by atoms with Crippen LogP contribution in [0.25, 0.3) is 0 Å². The number of carbonyl (C=O) groups is 1. The van der Waals surface area contributed by atoms with Gasteiger partial charge >= 0.3 is 0 Å². The van der Waals surface area contributed by atoms with Crippen LogP contribution in [0, 0.1) is 0 Å². The van der Waals surface area contributed by atoms with E-state index in [9.17, 15) is 13.2 Å². The molecule has 134 valence electrons. The van der Waals surface area contributed by atoms with E-state index in [0.29, 0.717) is 18.7 Å². The summed E-state index contributed by atoms with van der Waals surface area (Å²) in [6.07, 6.45) is -0.0617. The minimum Gasteiger partial charge on any atom is -0.372 e. The highest BCUT2D eigenvalue weighted by Gasteiger charge is 2.28. The molecule has 2 rings (SSSR count). The van der Waals surface area contributed by atoms with E-state index in [-0.39, 0.29) is 29.1 Å². The first kappa shape index (κ1) is 18.9. The van der Waals surface area contributed by atoms with Crippen molar-refractivity contribution in [2.24, 2.45) is 0 Å². The molecule has 7 heteroatoms. The van der Waals surface area contributed by atoms with Crippen LogP contribution >= 0.6 is 0 Å². The highest BCUT2D eigenvalue weighted by molar-refractivity contribution is 7.89. The molecule has 1 heterocycles. The summed E-state index contributed by atoms with van der Waals surface area (Å²) in [4.78, 5) is 14.6. The molecule has 1 fully saturated rings. The highest BCUT2D eigenvalue weighted by Crippen LogP contribution is 2.20. The molecule has 2 atom stereocenters. The molecule has 1 aliphatic rings. The number of nitrogens with zero attached hydrogens (tertiary/aromatic N) is 2. The minimum absolute atomic E-state index is 0.0308. The van der Waals surface area contributed by atoms with Gasteiger partial charge in [-0.3, -0.25) is 4.79 Å². The number of hydrogen-bond acceptors (Lipinski definition) is 4. The summed E-state index contributed by atoms with van der Waals surface area (Å²) in [5.74, 6) is -0.166. The molecule has 1 aliphatic heterocycles. The van der Waals surface area contributed by atoms with Gasteiger partial charge in [0.1, 0.15) is 0 Å². The van der Waals surface area contributed by atoms with Gasteiger partial charge in [0.2, 0.25) is 10.0 Å². The van der Waals surface area contributed by atoms with E-state index in [1.54, 1.807) is 24.1 Å². The molecule has 1 aromatic carbocycles. The average molecular weight is 354 g/mol. The minimum atomic E-state index is -3.61. The molecule has 0 unspecified atom stereocenters. The number of sulfonamides is 1. The van der Waals surface area contributed by atoms with Crippen molar-refractivity contribution in [1.29, 1.82) is 0 Å². The zero-order valence-electron chi connectivity index (χ0n) is 14.9. The van der Waals surface area contributed by atoms with Crippen molar-refractivity contribution in [3.8, 4) is 0 Å². The maximum absolute atomic E-state index is 12.7. The van der Waals surface area contributed by atoms with E-state index in [1.807, 2.05) is 27.7 Å². The van der Waals surface area contributed by atoms with Crippen LogP contribution in [0.15, 0.2) is 29.2 Å². The largest absolute Gasteiger partial charge is 0.372 e. The van der Waals surface area contributed by atoms with E-state index >= 15 is 0 Å². The van der Waals surface area contributed by atoms with Gasteiger partial charge in [-0.1, -0.05) is 6.07 Å². The van der Waals surface area contributed by atoms with Crippen molar-refractivity contribution >= 4 is 15.9 Å². The summed E-state index contributed by atoms with van der Waals surface area (Å²) in [6, 6.07) is 6.09. The van der Waals surface area contributed by atoms with Gasteiger partial charge in [0.05, 0.1) is 17.1 Å². The van der Waals surface area contributed by atoms with Crippen LogP contribution in [0.2, 0.25) is 0 Å². The third-order valence-corrected chi connectivity index (χ3v) is 6.22. The van der Waals surface area contributed by atoms with E-state index < -0.39 is 10.0 Å². The highest BCUT2D eigenvalue weighted by atomic mass is 32.2. The third-order valence-electron chi connectivity index (χ3n) is 4.19. The van der Waals surface area contributed by atoms with Crippen molar-refractivity contribution in [3.63, 3.8) is 0 Å². The molecule has 0 aromatic heterocycles. The van der Waals surface area contributed by atoms with Crippen LogP contribution in [-0.4, -0.2) is 61.9 Å². The van der Waals surface area contributed by atoms with Gasteiger partial charge in [0.15, 0.2) is 0 Å². The maximum Gasteiger partial charge on any atom is 0.254 e. The number of carbonyl (C=O) groups excluding carboxylic acids is 1. The van der Waals surface area contributed by atoms with Gasteiger partial charge in [-0.2, -0.15) is 4.31 Å². The second-order valence-electron chi connectivity index (χ2n) is 6.61. The molecule has 0 aliphatic carbocycles. The topological polar surface area (TPSA) is 66.9 Å². The fourth-order valence-corrected chi connectivity index (χ4v) is 4.17. The summed E-state index contributed by atoms with van der Waals surface area (Å²) in [6.45, 7) is 8.48. The predicted octanol–water partition coefficient (Wildman–Crippen LogP) is 1.96. The Morgan fingerprint density at radius 2 is 1.83 bits per heavy atom. The number of hydrogen-bond donors (Lipinski definition) is 0. The maximum atomic E-state index is 12.7. The normalized spacial score (nSPS) is 22.2. The predicted molar refractivity (Wildman–Crippen MR) is 92.4 cm³/mol. The number of benzene rings is 1. The SMILES string of the molecule is CC(C)N(C)S(=O)(=O)c1cccc(C(=O)N2C[C@@H](C)O[C@@H](C)C2)c1. The van der Waals surface area contributed by atoms with E-state index in [1.165, 1.54) is 16.4 Å². The van der Waals surface area contributed by atoms with E-state index in [2.05, 4.69) is 0 Å². The van der Waals surface area contributed by atoms with Crippen molar-refractivity contribution in [1.82, 2.24) is 9.21 Å². The van der Waals surface area contributed by atoms with Crippen LogP contribution in [0.5, 0.6) is 0 Å². The fraction of sp³-hybridized carbons (Fsp3) is 0.588. The average Bonchev–Trinajstić information content (AvgIpc) is 2.52. The molecule has 24 heavy (non-hydrogen) atoms. The molecule has 6 nitrogen and oxygen atoms in total. The molecule has 0 saturated carbocycles. The number of rotatable bonds is 4. The lowest BCUT2D eigenvalue weighted by Crippen LogP contribution is -2.48. The van der Waals surface area contributed by atoms with Crippen molar-refractivity contribution in [2.75, 3.05) is 20.1 Å². The Kier molecular flexibility index (Phi) is 5.67. The number of ether oxygens (including phenoxy) is 1. The summed E-state index contributed by atoms with van der Waals surface area (Å²) in [7, 11) is -2.07. The Morgan fingerprint density at radius 1 is 1.25 bits per heavy atom. The second kappa shape index (κ2) is 7.21. The molecule has 0 radical (unpaired) electrons. The fourth-order valence-electron chi connectivity index (χ4n) is 2.76.